The van der Waals surface area contributed by atoms with Crippen LogP contribution in [0.1, 0.15) is 72.1 Å². The number of rotatable bonds is 0. The van der Waals surface area contributed by atoms with Crippen LogP contribution in [0, 0.1) is 58.7 Å². The van der Waals surface area contributed by atoms with Crippen molar-refractivity contribution in [2.45, 2.75) is 96.5 Å². The Kier molecular flexibility index (Phi) is 5.12. The van der Waals surface area contributed by atoms with Crippen molar-refractivity contribution in [1.82, 2.24) is 4.90 Å². The van der Waals surface area contributed by atoms with Gasteiger partial charge in [0.25, 0.3) is 0 Å². The predicted molar refractivity (Wildman–Crippen MR) is 121 cm³/mol. The van der Waals surface area contributed by atoms with Crippen LogP contribution in [0.3, 0.4) is 0 Å². The van der Waals surface area contributed by atoms with Crippen molar-refractivity contribution >= 4 is 0 Å². The highest BCUT2D eigenvalue weighted by molar-refractivity contribution is 5.13. The van der Waals surface area contributed by atoms with Gasteiger partial charge in [-0.2, -0.15) is 0 Å². The maximum atomic E-state index is 11.5. The van der Waals surface area contributed by atoms with Crippen molar-refractivity contribution in [3.8, 4) is 0 Å². The highest BCUT2D eigenvalue weighted by atomic mass is 16.3. The maximum Gasteiger partial charge on any atom is 0.0577 e. The molecule has 0 radical (unpaired) electrons. The first-order valence-electron chi connectivity index (χ1n) is 13.6. The number of fused-ring (bicyclic) bond motifs is 8. The van der Waals surface area contributed by atoms with Crippen LogP contribution in [-0.4, -0.2) is 57.7 Å². The molecule has 14 unspecified atom stereocenters. The van der Waals surface area contributed by atoms with Gasteiger partial charge in [-0.05, 0) is 110 Å². The lowest BCUT2D eigenvalue weighted by atomic mass is 9.51. The van der Waals surface area contributed by atoms with Gasteiger partial charge in [-0.3, -0.25) is 4.90 Å². The van der Waals surface area contributed by atoms with Gasteiger partial charge in [0, 0.05) is 19.1 Å². The van der Waals surface area contributed by atoms with E-state index in [1.54, 1.807) is 0 Å². The molecule has 0 spiro atoms. The fourth-order valence-corrected chi connectivity index (χ4v) is 10.6. The lowest BCUT2D eigenvalue weighted by molar-refractivity contribution is -0.142. The van der Waals surface area contributed by atoms with Crippen LogP contribution in [-0.2, 0) is 0 Å². The van der Waals surface area contributed by atoms with Gasteiger partial charge in [0.05, 0.1) is 18.3 Å². The summed E-state index contributed by atoms with van der Waals surface area (Å²) in [5.74, 6) is 5.25. The maximum absolute atomic E-state index is 11.5. The highest BCUT2D eigenvalue weighted by Gasteiger charge is 2.64. The smallest absolute Gasteiger partial charge is 0.0577 e. The Balaban J connectivity index is 1.31. The topological polar surface area (TPSA) is 63.9 Å². The summed E-state index contributed by atoms with van der Waals surface area (Å²) in [4.78, 5) is 2.84. The Morgan fingerprint density at radius 3 is 2.32 bits per heavy atom. The Morgan fingerprint density at radius 2 is 1.52 bits per heavy atom. The van der Waals surface area contributed by atoms with E-state index in [2.05, 4.69) is 25.7 Å². The second kappa shape index (κ2) is 7.42. The molecule has 6 rings (SSSR count). The normalized spacial score (nSPS) is 61.5. The summed E-state index contributed by atoms with van der Waals surface area (Å²) in [6, 6.07) is 0.730. The Labute approximate surface area is 188 Å². The Hall–Kier alpha value is -0.160. The first-order chi connectivity index (χ1) is 14.8. The molecule has 0 amide bonds. The molecular weight excluding hydrogens is 386 g/mol. The Morgan fingerprint density at radius 1 is 0.742 bits per heavy atom. The summed E-state index contributed by atoms with van der Waals surface area (Å²) in [6.45, 7) is 9.85. The van der Waals surface area contributed by atoms with Gasteiger partial charge >= 0.3 is 0 Å². The zero-order valence-electron chi connectivity index (χ0n) is 19.9. The highest BCUT2D eigenvalue weighted by Crippen LogP contribution is 2.67. The average Bonchev–Trinajstić information content (AvgIpc) is 3.12. The second-order valence-corrected chi connectivity index (χ2v) is 13.3. The van der Waals surface area contributed by atoms with Crippen LogP contribution < -0.4 is 0 Å². The number of nitrogens with zero attached hydrogens (tertiary/aromatic N) is 1. The van der Waals surface area contributed by atoms with Crippen LogP contribution in [0.5, 0.6) is 0 Å². The molecule has 0 aromatic heterocycles. The molecule has 2 heterocycles. The third kappa shape index (κ3) is 3.07. The van der Waals surface area contributed by atoms with E-state index in [0.717, 1.165) is 50.0 Å². The van der Waals surface area contributed by atoms with E-state index in [9.17, 15) is 15.3 Å². The minimum Gasteiger partial charge on any atom is -0.393 e. The molecule has 6 fully saturated rings. The quantitative estimate of drug-likeness (QED) is 0.549. The number of hydrogen-bond donors (Lipinski definition) is 3. The average molecular weight is 432 g/mol. The lowest BCUT2D eigenvalue weighted by Crippen LogP contribution is -2.60. The molecule has 3 N–H and O–H groups in total. The number of aliphatic hydroxyl groups is 3. The number of hydrogen-bond acceptors (Lipinski definition) is 4. The van der Waals surface area contributed by atoms with Crippen LogP contribution in [0.4, 0.5) is 0 Å². The summed E-state index contributed by atoms with van der Waals surface area (Å²) in [5, 5.41) is 33.0. The summed E-state index contributed by atoms with van der Waals surface area (Å²) >= 11 is 0. The van der Waals surface area contributed by atoms with Crippen molar-refractivity contribution in [3.05, 3.63) is 0 Å². The van der Waals surface area contributed by atoms with Crippen LogP contribution in [0.25, 0.3) is 0 Å². The first kappa shape index (κ1) is 21.4. The molecule has 4 saturated carbocycles. The van der Waals surface area contributed by atoms with Gasteiger partial charge in [-0.15, -0.1) is 0 Å². The van der Waals surface area contributed by atoms with E-state index >= 15 is 0 Å². The van der Waals surface area contributed by atoms with Gasteiger partial charge in [-0.25, -0.2) is 0 Å². The summed E-state index contributed by atoms with van der Waals surface area (Å²) in [6.07, 6.45) is 7.79. The van der Waals surface area contributed by atoms with E-state index in [0.29, 0.717) is 35.5 Å². The second-order valence-electron chi connectivity index (χ2n) is 13.3. The van der Waals surface area contributed by atoms with Crippen LogP contribution >= 0.6 is 0 Å². The van der Waals surface area contributed by atoms with Crippen molar-refractivity contribution < 1.29 is 15.3 Å². The molecular formula is C27H45NO3. The van der Waals surface area contributed by atoms with Gasteiger partial charge in [-0.1, -0.05) is 20.8 Å². The summed E-state index contributed by atoms with van der Waals surface area (Å²) < 4.78 is 0. The standard InChI is InChI=1S/C27H45NO3/c1-14-4-5-23-15(2)17-10-25(31)26-18(20(17)13-28(23)12-14)9-21-19(26)11-24(30)22-8-16(29)6-7-27(21,22)3/h14-26,29-31H,4-13H2,1-3H3. The molecule has 14 atom stereocenters. The van der Waals surface area contributed by atoms with E-state index in [4.69, 9.17) is 0 Å². The zero-order valence-corrected chi connectivity index (χ0v) is 19.9. The zero-order chi connectivity index (χ0) is 21.7. The van der Waals surface area contributed by atoms with Crippen LogP contribution in [0.15, 0.2) is 0 Å². The molecule has 2 saturated heterocycles. The monoisotopic (exact) mass is 431 g/mol. The molecule has 31 heavy (non-hydrogen) atoms. The fourth-order valence-electron chi connectivity index (χ4n) is 10.6. The molecule has 176 valence electrons. The molecule has 4 heteroatoms. The van der Waals surface area contributed by atoms with E-state index in [-0.39, 0.29) is 29.6 Å². The van der Waals surface area contributed by atoms with Gasteiger partial charge in [0.2, 0.25) is 0 Å². The van der Waals surface area contributed by atoms with Crippen molar-refractivity contribution in [1.29, 1.82) is 0 Å². The van der Waals surface area contributed by atoms with Crippen LogP contribution in [0.2, 0.25) is 0 Å². The van der Waals surface area contributed by atoms with Gasteiger partial charge in [0.1, 0.15) is 0 Å². The van der Waals surface area contributed by atoms with Gasteiger partial charge in [0.15, 0.2) is 0 Å². The lowest BCUT2D eigenvalue weighted by Gasteiger charge is -2.57. The Bertz CT molecular complexity index is 700. The molecule has 4 aliphatic carbocycles. The third-order valence-electron chi connectivity index (χ3n) is 12.0. The molecule has 0 aromatic carbocycles. The van der Waals surface area contributed by atoms with Crippen molar-refractivity contribution in [2.24, 2.45) is 58.7 Å². The SMILES string of the molecule is CC1CCC2C(C)C3CC(O)C4C(CC5C4CC(O)C4CC(O)CCC45C)C3CN2C1. The third-order valence-corrected chi connectivity index (χ3v) is 12.0. The van der Waals surface area contributed by atoms with E-state index in [1.807, 2.05) is 0 Å². The number of piperidine rings is 2. The molecule has 0 aromatic rings. The minimum absolute atomic E-state index is 0.135. The van der Waals surface area contributed by atoms with Crippen molar-refractivity contribution in [2.75, 3.05) is 13.1 Å². The minimum atomic E-state index is -0.303. The van der Waals surface area contributed by atoms with Gasteiger partial charge < -0.3 is 15.3 Å². The number of aliphatic hydroxyl groups excluding tert-OH is 3. The fraction of sp³-hybridized carbons (Fsp3) is 1.00. The summed E-state index contributed by atoms with van der Waals surface area (Å²) in [5.41, 5.74) is 0.135. The van der Waals surface area contributed by atoms with E-state index in [1.165, 1.54) is 32.4 Å². The van der Waals surface area contributed by atoms with Crippen molar-refractivity contribution in [3.63, 3.8) is 0 Å². The predicted octanol–water partition coefficient (Wildman–Crippen LogP) is 3.53. The first-order valence-corrected chi connectivity index (χ1v) is 13.6. The van der Waals surface area contributed by atoms with E-state index < -0.39 is 0 Å². The molecule has 2 aliphatic heterocycles. The molecule has 0 bridgehead atoms. The summed E-state index contributed by atoms with van der Waals surface area (Å²) in [7, 11) is 0. The molecule has 4 nitrogen and oxygen atoms in total. The molecule has 6 aliphatic rings. The largest absolute Gasteiger partial charge is 0.393 e.